The van der Waals surface area contributed by atoms with E-state index in [0.717, 1.165) is 5.56 Å². The number of carbonyl (C=O) groups is 1. The lowest BCUT2D eigenvalue weighted by Crippen LogP contribution is -2.19. The van der Waals surface area contributed by atoms with Gasteiger partial charge in [-0.1, -0.05) is 35.4 Å². The third-order valence-electron chi connectivity index (χ3n) is 2.60. The molecule has 4 nitrogen and oxygen atoms in total. The number of thiocarbonyl (C=S) groups is 1. The van der Waals surface area contributed by atoms with Gasteiger partial charge in [0, 0.05) is 16.9 Å². The van der Waals surface area contributed by atoms with Gasteiger partial charge in [-0.05, 0) is 42.5 Å². The maximum absolute atomic E-state index is 11.8. The van der Waals surface area contributed by atoms with Crippen LogP contribution >= 0.6 is 35.4 Å². The summed E-state index contributed by atoms with van der Waals surface area (Å²) < 4.78 is 0. The van der Waals surface area contributed by atoms with Crippen molar-refractivity contribution in [1.82, 2.24) is 0 Å². The summed E-state index contributed by atoms with van der Waals surface area (Å²) in [6.45, 7) is 0. The number of nitrogens with two attached hydrogens (primary N) is 1. The molecule has 7 heteroatoms. The number of urea groups is 1. The highest BCUT2D eigenvalue weighted by Gasteiger charge is 2.05. The quantitative estimate of drug-likeness (QED) is 0.731. The van der Waals surface area contributed by atoms with Gasteiger partial charge in [-0.2, -0.15) is 0 Å². The van der Waals surface area contributed by atoms with Gasteiger partial charge in [-0.3, -0.25) is 0 Å². The molecule has 0 aliphatic carbocycles. The van der Waals surface area contributed by atoms with E-state index in [-0.39, 0.29) is 0 Å². The van der Waals surface area contributed by atoms with Crippen molar-refractivity contribution in [3.05, 3.63) is 58.1 Å². The molecule has 0 saturated heterocycles. The summed E-state index contributed by atoms with van der Waals surface area (Å²) in [5.41, 5.74) is 7.40. The maximum Gasteiger partial charge on any atom is 0.323 e. The smallest absolute Gasteiger partial charge is 0.323 e. The molecule has 0 aromatic heterocycles. The second-order valence-corrected chi connectivity index (χ2v) is 5.40. The lowest BCUT2D eigenvalue weighted by molar-refractivity contribution is 0.262. The van der Waals surface area contributed by atoms with Gasteiger partial charge in [0.05, 0.1) is 10.0 Å². The summed E-state index contributed by atoms with van der Waals surface area (Å²) in [6, 6.07) is 11.3. The van der Waals surface area contributed by atoms with Crippen molar-refractivity contribution in [2.24, 2.45) is 5.73 Å². The molecule has 0 spiro atoms. The summed E-state index contributed by atoms with van der Waals surface area (Å²) >= 11 is 16.5. The molecule has 0 unspecified atom stereocenters. The fourth-order valence-corrected chi connectivity index (χ4v) is 2.02. The Bertz CT molecular complexity index is 689. The van der Waals surface area contributed by atoms with Crippen molar-refractivity contribution >= 4 is 57.8 Å². The Balaban J connectivity index is 2.01. The van der Waals surface area contributed by atoms with Crippen molar-refractivity contribution in [2.75, 3.05) is 10.6 Å². The zero-order chi connectivity index (χ0) is 15.4. The van der Waals surface area contributed by atoms with E-state index in [1.807, 2.05) is 0 Å². The van der Waals surface area contributed by atoms with E-state index >= 15 is 0 Å². The second kappa shape index (κ2) is 6.76. The molecule has 0 radical (unpaired) electrons. The molecule has 0 fully saturated rings. The number of rotatable bonds is 3. The molecule has 0 aliphatic heterocycles. The SMILES string of the molecule is NC(=S)c1ccc(NC(=O)Nc2ccc(Cl)c(Cl)c2)cc1. The van der Waals surface area contributed by atoms with Gasteiger partial charge in [0.2, 0.25) is 0 Å². The van der Waals surface area contributed by atoms with Crippen molar-refractivity contribution in [1.29, 1.82) is 0 Å². The standard InChI is InChI=1S/C14H11Cl2N3OS/c15-11-6-5-10(7-12(11)16)19-14(20)18-9-3-1-8(2-4-9)13(17)21/h1-7H,(H2,17,21)(H2,18,19,20). The molecule has 0 aliphatic rings. The second-order valence-electron chi connectivity index (χ2n) is 4.15. The third-order valence-corrected chi connectivity index (χ3v) is 3.58. The van der Waals surface area contributed by atoms with E-state index in [1.54, 1.807) is 42.5 Å². The number of carbonyl (C=O) groups excluding carboxylic acids is 1. The first-order valence-corrected chi connectivity index (χ1v) is 7.05. The van der Waals surface area contributed by atoms with Crippen LogP contribution in [0.1, 0.15) is 5.56 Å². The molecule has 2 aromatic carbocycles. The Morgan fingerprint density at radius 2 is 1.52 bits per heavy atom. The van der Waals surface area contributed by atoms with E-state index in [4.69, 9.17) is 41.2 Å². The van der Waals surface area contributed by atoms with Crippen LogP contribution in [0, 0.1) is 0 Å². The Morgan fingerprint density at radius 1 is 0.952 bits per heavy atom. The van der Waals surface area contributed by atoms with Gasteiger partial charge in [-0.15, -0.1) is 0 Å². The highest BCUT2D eigenvalue weighted by atomic mass is 35.5. The molecule has 108 valence electrons. The molecular formula is C14H11Cl2N3OS. The van der Waals surface area contributed by atoms with Crippen molar-refractivity contribution in [3.8, 4) is 0 Å². The number of anilines is 2. The number of amides is 2. The molecular weight excluding hydrogens is 329 g/mol. The predicted octanol–water partition coefficient (Wildman–Crippen LogP) is 4.27. The Labute approximate surface area is 137 Å². The minimum atomic E-state index is -0.392. The fraction of sp³-hybridized carbons (Fsp3) is 0. The zero-order valence-electron chi connectivity index (χ0n) is 10.7. The maximum atomic E-state index is 11.8. The van der Waals surface area contributed by atoms with E-state index < -0.39 is 6.03 Å². The highest BCUT2D eigenvalue weighted by Crippen LogP contribution is 2.25. The Kier molecular flexibility index (Phi) is 5.01. The van der Waals surface area contributed by atoms with Gasteiger partial charge in [-0.25, -0.2) is 4.79 Å². The zero-order valence-corrected chi connectivity index (χ0v) is 13.0. The van der Waals surface area contributed by atoms with Gasteiger partial charge in [0.25, 0.3) is 0 Å². The summed E-state index contributed by atoms with van der Waals surface area (Å²) in [7, 11) is 0. The lowest BCUT2D eigenvalue weighted by Gasteiger charge is -2.09. The molecule has 2 rings (SSSR count). The molecule has 2 aromatic rings. The largest absolute Gasteiger partial charge is 0.389 e. The number of hydrogen-bond acceptors (Lipinski definition) is 2. The van der Waals surface area contributed by atoms with Gasteiger partial charge < -0.3 is 16.4 Å². The Hall–Kier alpha value is -1.82. The molecule has 0 heterocycles. The van der Waals surface area contributed by atoms with Crippen LogP contribution in [0.4, 0.5) is 16.2 Å². The van der Waals surface area contributed by atoms with E-state index in [1.165, 1.54) is 0 Å². The molecule has 0 bridgehead atoms. The summed E-state index contributed by atoms with van der Waals surface area (Å²) in [6.07, 6.45) is 0. The van der Waals surface area contributed by atoms with Gasteiger partial charge in [0.1, 0.15) is 4.99 Å². The molecule has 4 N–H and O–H groups in total. The van der Waals surface area contributed by atoms with Crippen LogP contribution in [0.2, 0.25) is 10.0 Å². The third kappa shape index (κ3) is 4.32. The summed E-state index contributed by atoms with van der Waals surface area (Å²) in [5.74, 6) is 0. The van der Waals surface area contributed by atoms with Crippen LogP contribution < -0.4 is 16.4 Å². The number of halogens is 2. The van der Waals surface area contributed by atoms with E-state index in [0.29, 0.717) is 26.4 Å². The first-order valence-electron chi connectivity index (χ1n) is 5.88. The summed E-state index contributed by atoms with van der Waals surface area (Å²) in [5, 5.41) is 6.13. The first kappa shape index (κ1) is 15.6. The van der Waals surface area contributed by atoms with E-state index in [2.05, 4.69) is 10.6 Å². The summed E-state index contributed by atoms with van der Waals surface area (Å²) in [4.78, 5) is 12.2. The average molecular weight is 340 g/mol. The van der Waals surface area contributed by atoms with Crippen molar-refractivity contribution in [2.45, 2.75) is 0 Å². The molecule has 2 amide bonds. The number of benzene rings is 2. The minimum Gasteiger partial charge on any atom is -0.389 e. The van der Waals surface area contributed by atoms with Crippen LogP contribution in [0.5, 0.6) is 0 Å². The van der Waals surface area contributed by atoms with Crippen molar-refractivity contribution in [3.63, 3.8) is 0 Å². The van der Waals surface area contributed by atoms with Crippen LogP contribution in [0.15, 0.2) is 42.5 Å². The minimum absolute atomic E-state index is 0.307. The first-order chi connectivity index (χ1) is 9.95. The van der Waals surface area contributed by atoms with Crippen LogP contribution in [0.25, 0.3) is 0 Å². The lowest BCUT2D eigenvalue weighted by atomic mass is 10.2. The van der Waals surface area contributed by atoms with Gasteiger partial charge >= 0.3 is 6.03 Å². The highest BCUT2D eigenvalue weighted by molar-refractivity contribution is 7.80. The predicted molar refractivity (Wildman–Crippen MR) is 91.4 cm³/mol. The van der Waals surface area contributed by atoms with Crippen LogP contribution in [-0.2, 0) is 0 Å². The normalized spacial score (nSPS) is 10.0. The number of hydrogen-bond donors (Lipinski definition) is 3. The Morgan fingerprint density at radius 3 is 2.10 bits per heavy atom. The number of nitrogens with one attached hydrogen (secondary N) is 2. The average Bonchev–Trinajstić information content (AvgIpc) is 2.43. The fourth-order valence-electron chi connectivity index (χ4n) is 1.59. The van der Waals surface area contributed by atoms with E-state index in [9.17, 15) is 4.79 Å². The molecule has 0 atom stereocenters. The van der Waals surface area contributed by atoms with Crippen LogP contribution in [0.3, 0.4) is 0 Å². The van der Waals surface area contributed by atoms with Gasteiger partial charge in [0.15, 0.2) is 0 Å². The van der Waals surface area contributed by atoms with Crippen LogP contribution in [-0.4, -0.2) is 11.0 Å². The molecule has 0 saturated carbocycles. The topological polar surface area (TPSA) is 67.1 Å². The molecule has 21 heavy (non-hydrogen) atoms. The monoisotopic (exact) mass is 339 g/mol. The van der Waals surface area contributed by atoms with Crippen molar-refractivity contribution < 1.29 is 4.79 Å².